The predicted molar refractivity (Wildman–Crippen MR) is 62.6 cm³/mol. The smallest absolute Gasteiger partial charge is 0.224 e. The summed E-state index contributed by atoms with van der Waals surface area (Å²) in [5, 5.41) is 2.29. The van der Waals surface area contributed by atoms with Crippen LogP contribution in [0.1, 0.15) is 19.4 Å². The lowest BCUT2D eigenvalue weighted by Gasteiger charge is -2.23. The van der Waals surface area contributed by atoms with Crippen molar-refractivity contribution in [3.05, 3.63) is 28.8 Å². The van der Waals surface area contributed by atoms with Gasteiger partial charge in [0.15, 0.2) is 0 Å². The zero-order chi connectivity index (χ0) is 10.2. The van der Waals surface area contributed by atoms with E-state index in [1.54, 1.807) is 0 Å². The Bertz CT molecular complexity index is 347. The normalized spacial score (nSPS) is 18.2. The molecule has 0 saturated heterocycles. The first-order chi connectivity index (χ1) is 6.72. The van der Waals surface area contributed by atoms with E-state index in [2.05, 4.69) is 26.0 Å². The molecule has 0 aliphatic carbocycles. The molecule has 1 aromatic carbocycles. The van der Waals surface area contributed by atoms with Crippen molar-refractivity contribution in [1.29, 1.82) is 0 Å². The Morgan fingerprint density at radius 2 is 2.07 bits per heavy atom. The molecule has 76 valence electrons. The summed E-state index contributed by atoms with van der Waals surface area (Å²) < 4.78 is 6.04. The second-order valence-corrected chi connectivity index (χ2v) is 8.46. The second kappa shape index (κ2) is 3.68. The highest BCUT2D eigenvalue weighted by atomic mass is 35.5. The molecule has 0 aromatic heterocycles. The van der Waals surface area contributed by atoms with Crippen LogP contribution in [0.4, 0.5) is 0 Å². The Kier molecular flexibility index (Phi) is 2.69. The van der Waals surface area contributed by atoms with Crippen molar-refractivity contribution in [1.82, 2.24) is 0 Å². The highest BCUT2D eigenvalue weighted by molar-refractivity contribution is 6.87. The lowest BCUT2D eigenvalue weighted by molar-refractivity contribution is 0.312. The van der Waals surface area contributed by atoms with Crippen molar-refractivity contribution < 1.29 is 4.43 Å². The van der Waals surface area contributed by atoms with E-state index < -0.39 is 8.32 Å². The second-order valence-electron chi connectivity index (χ2n) is 3.79. The van der Waals surface area contributed by atoms with Crippen molar-refractivity contribution in [2.75, 3.05) is 0 Å². The van der Waals surface area contributed by atoms with E-state index >= 15 is 0 Å². The Labute approximate surface area is 91.2 Å². The van der Waals surface area contributed by atoms with Gasteiger partial charge in [-0.25, -0.2) is 0 Å². The molecular weight excluding hydrogens is 212 g/mol. The largest absolute Gasteiger partial charge is 0.408 e. The van der Waals surface area contributed by atoms with Crippen LogP contribution in [-0.2, 0) is 11.0 Å². The van der Waals surface area contributed by atoms with Gasteiger partial charge in [0, 0.05) is 5.02 Å². The minimum Gasteiger partial charge on any atom is -0.408 e. The fraction of sp³-hybridized carbons (Fsp3) is 0.455. The molecule has 1 nitrogen and oxygen atoms in total. The summed E-state index contributed by atoms with van der Waals surface area (Å²) in [6.07, 6.45) is 0. The third kappa shape index (κ3) is 1.42. The highest BCUT2D eigenvalue weighted by Crippen LogP contribution is 2.27. The van der Waals surface area contributed by atoms with Crippen molar-refractivity contribution in [2.24, 2.45) is 0 Å². The lowest BCUT2D eigenvalue weighted by Crippen LogP contribution is -2.45. The maximum atomic E-state index is 6.04. The van der Waals surface area contributed by atoms with Crippen LogP contribution in [0.5, 0.6) is 0 Å². The quantitative estimate of drug-likeness (QED) is 0.705. The summed E-state index contributed by atoms with van der Waals surface area (Å²) in [5.41, 5.74) is 1.31. The molecule has 1 aliphatic rings. The van der Waals surface area contributed by atoms with Crippen molar-refractivity contribution in [3.63, 3.8) is 0 Å². The molecular formula is C11H15ClOSi. The lowest BCUT2D eigenvalue weighted by atomic mass is 10.2. The Morgan fingerprint density at radius 1 is 1.36 bits per heavy atom. The summed E-state index contributed by atoms with van der Waals surface area (Å²) in [4.78, 5) is 0. The summed E-state index contributed by atoms with van der Waals surface area (Å²) in [5.74, 6) is 0. The van der Waals surface area contributed by atoms with Crippen LogP contribution in [0, 0.1) is 0 Å². The van der Waals surface area contributed by atoms with Gasteiger partial charge >= 0.3 is 0 Å². The summed E-state index contributed by atoms with van der Waals surface area (Å²) >= 11 is 5.96. The third-order valence-electron chi connectivity index (χ3n) is 3.20. The monoisotopic (exact) mass is 226 g/mol. The van der Waals surface area contributed by atoms with Gasteiger partial charge in [0.05, 0.1) is 6.61 Å². The number of halogens is 1. The Morgan fingerprint density at radius 3 is 2.71 bits per heavy atom. The van der Waals surface area contributed by atoms with E-state index in [1.807, 2.05) is 6.07 Å². The van der Waals surface area contributed by atoms with Crippen LogP contribution in [0.25, 0.3) is 0 Å². The van der Waals surface area contributed by atoms with E-state index in [9.17, 15) is 0 Å². The minimum absolute atomic E-state index is 0.768. The summed E-state index contributed by atoms with van der Waals surface area (Å²) in [7, 11) is -1.58. The SMILES string of the molecule is CC[Si]1(CC)OCc2cc(Cl)ccc21. The van der Waals surface area contributed by atoms with E-state index in [-0.39, 0.29) is 0 Å². The van der Waals surface area contributed by atoms with Gasteiger partial charge < -0.3 is 4.43 Å². The topological polar surface area (TPSA) is 9.23 Å². The zero-order valence-corrected chi connectivity index (χ0v) is 10.4. The van der Waals surface area contributed by atoms with Gasteiger partial charge in [-0.3, -0.25) is 0 Å². The molecule has 0 N–H and O–H groups in total. The highest BCUT2D eigenvalue weighted by Gasteiger charge is 2.39. The standard InChI is InChI=1S/C11H15ClOSi/c1-3-14(4-2)11-6-5-10(12)7-9(11)8-13-14/h5-7H,3-4,8H2,1-2H3. The number of hydrogen-bond donors (Lipinski definition) is 0. The first-order valence-electron chi connectivity index (χ1n) is 5.14. The minimum atomic E-state index is -1.58. The van der Waals surface area contributed by atoms with Gasteiger partial charge in [0.2, 0.25) is 8.32 Å². The molecule has 14 heavy (non-hydrogen) atoms. The van der Waals surface area contributed by atoms with Crippen LogP contribution in [0.3, 0.4) is 0 Å². The van der Waals surface area contributed by atoms with Crippen LogP contribution >= 0.6 is 11.6 Å². The van der Waals surface area contributed by atoms with Crippen molar-refractivity contribution in [3.8, 4) is 0 Å². The molecule has 0 bridgehead atoms. The molecule has 1 aromatic rings. The fourth-order valence-corrected chi connectivity index (χ4v) is 5.82. The predicted octanol–water partition coefficient (Wildman–Crippen LogP) is 3.06. The molecule has 0 amide bonds. The van der Waals surface area contributed by atoms with Gasteiger partial charge in [0.1, 0.15) is 0 Å². The van der Waals surface area contributed by atoms with Crippen molar-refractivity contribution >= 4 is 25.1 Å². The van der Waals surface area contributed by atoms with E-state index in [0.29, 0.717) is 0 Å². The average molecular weight is 227 g/mol. The molecule has 0 unspecified atom stereocenters. The van der Waals surface area contributed by atoms with E-state index in [4.69, 9.17) is 16.0 Å². The maximum Gasteiger partial charge on any atom is 0.224 e. The van der Waals surface area contributed by atoms with E-state index in [1.165, 1.54) is 10.8 Å². The van der Waals surface area contributed by atoms with Gasteiger partial charge in [-0.15, -0.1) is 0 Å². The third-order valence-corrected chi connectivity index (χ3v) is 7.89. The number of benzene rings is 1. The molecule has 0 spiro atoms. The van der Waals surface area contributed by atoms with Crippen LogP contribution in [0.15, 0.2) is 18.2 Å². The first kappa shape index (κ1) is 10.2. The number of fused-ring (bicyclic) bond motifs is 1. The number of rotatable bonds is 2. The van der Waals surface area contributed by atoms with Gasteiger partial charge in [0.25, 0.3) is 0 Å². The average Bonchev–Trinajstić information content (AvgIpc) is 2.56. The Balaban J connectivity index is 2.48. The van der Waals surface area contributed by atoms with Crippen LogP contribution < -0.4 is 5.19 Å². The fourth-order valence-electron chi connectivity index (χ4n) is 2.25. The molecule has 3 heteroatoms. The van der Waals surface area contributed by atoms with Crippen LogP contribution in [-0.4, -0.2) is 8.32 Å². The molecule has 0 saturated carbocycles. The molecule has 0 radical (unpaired) electrons. The molecule has 1 aliphatic heterocycles. The van der Waals surface area contributed by atoms with Crippen molar-refractivity contribution in [2.45, 2.75) is 32.5 Å². The van der Waals surface area contributed by atoms with Gasteiger partial charge in [-0.2, -0.15) is 0 Å². The zero-order valence-electron chi connectivity index (χ0n) is 8.64. The molecule has 1 heterocycles. The first-order valence-corrected chi connectivity index (χ1v) is 7.85. The Hall–Kier alpha value is -0.313. The molecule has 0 atom stereocenters. The van der Waals surface area contributed by atoms with Gasteiger partial charge in [-0.1, -0.05) is 31.5 Å². The summed E-state index contributed by atoms with van der Waals surface area (Å²) in [6.45, 7) is 5.24. The van der Waals surface area contributed by atoms with E-state index in [0.717, 1.165) is 23.7 Å². The van der Waals surface area contributed by atoms with Gasteiger partial charge in [-0.05, 0) is 35.0 Å². The number of hydrogen-bond acceptors (Lipinski definition) is 1. The molecule has 0 fully saturated rings. The van der Waals surface area contributed by atoms with Crippen LogP contribution in [0.2, 0.25) is 17.1 Å². The maximum absolute atomic E-state index is 6.04. The molecule has 2 rings (SSSR count). The summed E-state index contributed by atoms with van der Waals surface area (Å²) in [6, 6.07) is 8.54.